The molecular weight excluding hydrogens is 480 g/mol. The zero-order valence-corrected chi connectivity index (χ0v) is 19.9. The monoisotopic (exact) mass is 504 g/mol. The van der Waals surface area contributed by atoms with Gasteiger partial charge in [-0.25, -0.2) is 8.42 Å². The number of nitrogens with one attached hydrogen (secondary N) is 1. The number of hydrogen-bond donors (Lipinski definition) is 1. The molecule has 1 aliphatic heterocycles. The van der Waals surface area contributed by atoms with Crippen molar-refractivity contribution in [3.8, 4) is 0 Å². The molecule has 0 radical (unpaired) electrons. The van der Waals surface area contributed by atoms with Crippen molar-refractivity contribution >= 4 is 36.9 Å². The summed E-state index contributed by atoms with van der Waals surface area (Å²) in [4.78, 5) is 15.9. The van der Waals surface area contributed by atoms with E-state index >= 15 is 0 Å². The molecule has 31 heavy (non-hydrogen) atoms. The Morgan fingerprint density at radius 1 is 1.19 bits per heavy atom. The number of ether oxygens (including phenoxy) is 1. The van der Waals surface area contributed by atoms with E-state index in [1.54, 1.807) is 30.3 Å². The molecule has 1 N–H and O–H groups in total. The molecule has 1 aliphatic rings. The summed E-state index contributed by atoms with van der Waals surface area (Å²) in [5.74, 6) is 0. The summed E-state index contributed by atoms with van der Waals surface area (Å²) in [6, 6.07) is 12.5. The second-order valence-corrected chi connectivity index (χ2v) is 10.8. The average Bonchev–Trinajstić information content (AvgIpc) is 3.21. The smallest absolute Gasteiger partial charge is 0.252 e. The number of aryl methyl sites for hydroxylation is 2. The molecular formula is C23H25BrN2O4S. The van der Waals surface area contributed by atoms with Gasteiger partial charge in [0.2, 0.25) is 10.0 Å². The molecule has 1 aromatic heterocycles. The van der Waals surface area contributed by atoms with Crippen molar-refractivity contribution < 1.29 is 13.2 Å². The number of aromatic nitrogens is 1. The predicted molar refractivity (Wildman–Crippen MR) is 125 cm³/mol. The number of halogens is 1. The van der Waals surface area contributed by atoms with Crippen LogP contribution >= 0.6 is 15.9 Å². The molecule has 4 rings (SSSR count). The van der Waals surface area contributed by atoms with Crippen molar-refractivity contribution in [1.29, 1.82) is 0 Å². The fourth-order valence-electron chi connectivity index (χ4n) is 4.08. The van der Waals surface area contributed by atoms with Crippen LogP contribution in [0.1, 0.15) is 29.5 Å². The number of nitrogens with zero attached hydrogens (tertiary/aromatic N) is 1. The summed E-state index contributed by atoms with van der Waals surface area (Å²) in [6.45, 7) is 4.77. The van der Waals surface area contributed by atoms with E-state index in [1.165, 1.54) is 4.31 Å². The maximum atomic E-state index is 13.6. The van der Waals surface area contributed by atoms with Gasteiger partial charge in [-0.3, -0.25) is 4.79 Å². The van der Waals surface area contributed by atoms with E-state index in [0.29, 0.717) is 16.6 Å². The third-order valence-electron chi connectivity index (χ3n) is 5.62. The Morgan fingerprint density at radius 2 is 1.97 bits per heavy atom. The lowest BCUT2D eigenvalue weighted by Gasteiger charge is -2.25. The minimum absolute atomic E-state index is 0.0257. The van der Waals surface area contributed by atoms with Gasteiger partial charge in [0, 0.05) is 40.6 Å². The van der Waals surface area contributed by atoms with Crippen LogP contribution in [0.25, 0.3) is 10.9 Å². The van der Waals surface area contributed by atoms with Crippen LogP contribution in [-0.4, -0.2) is 37.0 Å². The highest BCUT2D eigenvalue weighted by Crippen LogP contribution is 2.28. The predicted octanol–water partition coefficient (Wildman–Crippen LogP) is 4.28. The second kappa shape index (κ2) is 8.86. The first-order valence-corrected chi connectivity index (χ1v) is 12.5. The van der Waals surface area contributed by atoms with Gasteiger partial charge in [0.25, 0.3) is 5.56 Å². The maximum absolute atomic E-state index is 13.6. The van der Waals surface area contributed by atoms with E-state index in [-0.39, 0.29) is 29.6 Å². The Morgan fingerprint density at radius 3 is 2.68 bits per heavy atom. The van der Waals surface area contributed by atoms with Gasteiger partial charge in [-0.15, -0.1) is 0 Å². The lowest BCUT2D eigenvalue weighted by Crippen LogP contribution is -2.38. The number of H-pyrrole nitrogens is 1. The minimum atomic E-state index is -3.85. The molecule has 1 fully saturated rings. The van der Waals surface area contributed by atoms with Gasteiger partial charge in [-0.05, 0) is 78.0 Å². The first kappa shape index (κ1) is 22.2. The Kier molecular flexibility index (Phi) is 6.35. The van der Waals surface area contributed by atoms with Gasteiger partial charge >= 0.3 is 0 Å². The van der Waals surface area contributed by atoms with E-state index in [1.807, 2.05) is 26.0 Å². The van der Waals surface area contributed by atoms with Gasteiger partial charge in [-0.2, -0.15) is 4.31 Å². The molecule has 1 atom stereocenters. The molecule has 164 valence electrons. The molecule has 2 aromatic carbocycles. The van der Waals surface area contributed by atoms with E-state index in [0.717, 1.165) is 34.9 Å². The molecule has 8 heteroatoms. The number of hydrogen-bond acceptors (Lipinski definition) is 4. The summed E-state index contributed by atoms with van der Waals surface area (Å²) in [5.41, 5.74) is 2.98. The quantitative estimate of drug-likeness (QED) is 0.543. The van der Waals surface area contributed by atoms with Gasteiger partial charge in [0.1, 0.15) is 0 Å². The molecule has 3 aromatic rings. The first-order chi connectivity index (χ1) is 14.8. The lowest BCUT2D eigenvalue weighted by atomic mass is 10.0. The van der Waals surface area contributed by atoms with Crippen molar-refractivity contribution in [3.63, 3.8) is 0 Å². The Bertz CT molecular complexity index is 1280. The maximum Gasteiger partial charge on any atom is 0.252 e. The van der Waals surface area contributed by atoms with E-state index in [9.17, 15) is 13.2 Å². The SMILES string of the molecule is Cc1cc(C)c2cc(CN(C[C@@H]3CCCO3)S(=O)(=O)c3ccccc3Br)c(=O)[nH]c2c1. The molecule has 2 heterocycles. The van der Waals surface area contributed by atoms with Gasteiger partial charge in [0.15, 0.2) is 0 Å². The van der Waals surface area contributed by atoms with Crippen LogP contribution in [0, 0.1) is 13.8 Å². The topological polar surface area (TPSA) is 79.5 Å². The molecule has 6 nitrogen and oxygen atoms in total. The van der Waals surface area contributed by atoms with Crippen molar-refractivity contribution in [2.45, 2.75) is 44.2 Å². The summed E-state index contributed by atoms with van der Waals surface area (Å²) in [7, 11) is -3.85. The molecule has 0 aliphatic carbocycles. The number of aromatic amines is 1. The highest BCUT2D eigenvalue weighted by atomic mass is 79.9. The van der Waals surface area contributed by atoms with Crippen LogP contribution in [0.3, 0.4) is 0 Å². The van der Waals surface area contributed by atoms with Crippen molar-refractivity contribution in [2.75, 3.05) is 13.2 Å². The fraction of sp³-hybridized carbons (Fsp3) is 0.348. The molecule has 0 spiro atoms. The van der Waals surface area contributed by atoms with Crippen molar-refractivity contribution in [2.24, 2.45) is 0 Å². The standard InChI is InChI=1S/C23H25BrN2O4S/c1-15-10-16(2)19-12-17(23(27)25-21(19)11-15)13-26(14-18-6-5-9-30-18)31(28,29)22-8-4-3-7-20(22)24/h3-4,7-8,10-12,18H,5-6,9,13-14H2,1-2H3,(H,25,27)/t18-/m0/s1. The highest BCUT2D eigenvalue weighted by molar-refractivity contribution is 9.10. The van der Waals surface area contributed by atoms with E-state index < -0.39 is 10.0 Å². The zero-order chi connectivity index (χ0) is 22.2. The molecule has 0 saturated carbocycles. The summed E-state index contributed by atoms with van der Waals surface area (Å²) < 4.78 is 34.7. The van der Waals surface area contributed by atoms with Crippen LogP contribution in [0.4, 0.5) is 0 Å². The number of pyridine rings is 1. The van der Waals surface area contributed by atoms with Crippen LogP contribution in [0.5, 0.6) is 0 Å². The van der Waals surface area contributed by atoms with Crippen molar-refractivity contribution in [3.05, 3.63) is 74.0 Å². The van der Waals surface area contributed by atoms with E-state index in [4.69, 9.17) is 4.74 Å². The van der Waals surface area contributed by atoms with Gasteiger partial charge < -0.3 is 9.72 Å². The van der Waals surface area contributed by atoms with Crippen molar-refractivity contribution in [1.82, 2.24) is 9.29 Å². The van der Waals surface area contributed by atoms with E-state index in [2.05, 4.69) is 20.9 Å². The van der Waals surface area contributed by atoms with Crippen LogP contribution in [0.15, 0.2) is 56.6 Å². The average molecular weight is 505 g/mol. The highest BCUT2D eigenvalue weighted by Gasteiger charge is 2.31. The van der Waals surface area contributed by atoms with Crippen LogP contribution in [-0.2, 0) is 21.3 Å². The minimum Gasteiger partial charge on any atom is -0.377 e. The number of benzene rings is 2. The second-order valence-electron chi connectivity index (χ2n) is 8.03. The summed E-state index contributed by atoms with van der Waals surface area (Å²) in [6.07, 6.45) is 1.53. The van der Waals surface area contributed by atoms with Gasteiger partial charge in [0.05, 0.1) is 11.0 Å². The summed E-state index contributed by atoms with van der Waals surface area (Å²) >= 11 is 3.36. The largest absolute Gasteiger partial charge is 0.377 e. The molecule has 0 bridgehead atoms. The Balaban J connectivity index is 1.77. The lowest BCUT2D eigenvalue weighted by molar-refractivity contribution is 0.0925. The molecule has 0 unspecified atom stereocenters. The Labute approximate surface area is 190 Å². The van der Waals surface area contributed by atoms with Crippen LogP contribution < -0.4 is 5.56 Å². The third-order valence-corrected chi connectivity index (χ3v) is 8.45. The zero-order valence-electron chi connectivity index (χ0n) is 17.5. The number of fused-ring (bicyclic) bond motifs is 1. The normalized spacial score (nSPS) is 17.0. The fourth-order valence-corrected chi connectivity index (χ4v) is 6.49. The van der Waals surface area contributed by atoms with Gasteiger partial charge in [-0.1, -0.05) is 18.2 Å². The summed E-state index contributed by atoms with van der Waals surface area (Å²) in [5, 5.41) is 0.913. The number of sulfonamides is 1. The first-order valence-electron chi connectivity index (χ1n) is 10.2. The van der Waals surface area contributed by atoms with Crippen LogP contribution in [0.2, 0.25) is 0 Å². The molecule has 1 saturated heterocycles. The third kappa shape index (κ3) is 4.62. The Hall–Kier alpha value is -2.00. The number of rotatable bonds is 6. The molecule has 0 amide bonds.